The first-order valence-corrected chi connectivity index (χ1v) is 3.25. The Hall–Kier alpha value is -1.10. The summed E-state index contributed by atoms with van der Waals surface area (Å²) in [5.41, 5.74) is 0. The minimum atomic E-state index is -1.53. The van der Waals surface area contributed by atoms with E-state index >= 15 is 0 Å². The third-order valence-corrected chi connectivity index (χ3v) is 1.28. The van der Waals surface area contributed by atoms with Gasteiger partial charge in [0.25, 0.3) is 6.54 Å². The number of carbonyl (C=O) groups excluding carboxylic acids is 1. The van der Waals surface area contributed by atoms with Crippen molar-refractivity contribution >= 4 is 18.1 Å². The fourth-order valence-corrected chi connectivity index (χ4v) is 0.648. The van der Waals surface area contributed by atoms with Crippen molar-refractivity contribution < 1.29 is 22.4 Å². The van der Waals surface area contributed by atoms with Crippen molar-refractivity contribution in [2.45, 2.75) is 0 Å². The number of hydrogen-bond acceptors (Lipinski definition) is 1. The summed E-state index contributed by atoms with van der Waals surface area (Å²) in [4.78, 5) is 8.14. The highest BCUT2D eigenvalue weighted by Crippen LogP contribution is 2.18. The van der Waals surface area contributed by atoms with Gasteiger partial charge in [-0.3, -0.25) is 4.79 Å². The van der Waals surface area contributed by atoms with Crippen LogP contribution in [0.2, 0.25) is 5.02 Å². The topological polar surface area (TPSA) is 17.1 Å². The van der Waals surface area contributed by atoms with Gasteiger partial charge in [0.1, 0.15) is 0 Å². The molecule has 0 unspecified atom stereocenters. The van der Waals surface area contributed by atoms with E-state index in [1.807, 2.05) is 0 Å². The molecule has 1 aromatic rings. The Kier molecular flexibility index (Phi) is 5.06. The molecule has 6 heteroatoms. The maximum Gasteiger partial charge on any atom is 0.289 e. The van der Waals surface area contributed by atoms with Gasteiger partial charge in [-0.25, -0.2) is 13.2 Å². The predicted octanol–water partition coefficient (Wildman–Crippen LogP) is 2.90. The summed E-state index contributed by atoms with van der Waals surface area (Å²) in [7, 11) is 0. The van der Waals surface area contributed by atoms with Crippen LogP contribution in [0.4, 0.5) is 17.6 Å². The van der Waals surface area contributed by atoms with Gasteiger partial charge < -0.3 is 0 Å². The quantitative estimate of drug-likeness (QED) is 0.213. The van der Waals surface area contributed by atoms with Crippen molar-refractivity contribution in [1.29, 1.82) is 0 Å². The van der Waals surface area contributed by atoms with Crippen molar-refractivity contribution in [2.75, 3.05) is 0 Å². The summed E-state index contributed by atoms with van der Waals surface area (Å²) in [6.07, 6.45) is 0. The smallest absolute Gasteiger partial charge is 0.265 e. The molecule has 0 radical (unpaired) electrons. The van der Waals surface area contributed by atoms with Gasteiger partial charge in [0.05, 0.1) is 5.02 Å². The lowest BCUT2D eigenvalue weighted by molar-refractivity contribution is 0.447. The summed E-state index contributed by atoms with van der Waals surface area (Å²) in [6, 6.07) is 1.72. The average Bonchev–Trinajstić information content (AvgIpc) is 2.10. The molecule has 0 amide bonds. The predicted molar refractivity (Wildman–Crippen MR) is 39.2 cm³/mol. The van der Waals surface area contributed by atoms with Gasteiger partial charge in [0, 0.05) is 0 Å². The molecule has 1 aromatic carbocycles. The lowest BCUT2D eigenvalue weighted by Gasteiger charge is -1.94. The molecule has 0 aliphatic rings. The Balaban J connectivity index is 0.000000424. The van der Waals surface area contributed by atoms with Gasteiger partial charge in [-0.15, -0.1) is 0 Å². The lowest BCUT2D eigenvalue weighted by Crippen LogP contribution is -1.89. The number of carbonyl (C=O) groups is 1. The second kappa shape index (κ2) is 5.53. The van der Waals surface area contributed by atoms with Crippen LogP contribution in [-0.2, 0) is 4.79 Å². The molecular formula is C7H3ClF4O. The van der Waals surface area contributed by atoms with Crippen LogP contribution < -0.4 is 0 Å². The maximum absolute atomic E-state index is 12.2. The third kappa shape index (κ3) is 3.42. The third-order valence-electron chi connectivity index (χ3n) is 0.988. The van der Waals surface area contributed by atoms with E-state index in [1.54, 1.807) is 0 Å². The molecule has 0 fully saturated rings. The van der Waals surface area contributed by atoms with Gasteiger partial charge in [-0.05, 0) is 12.1 Å². The highest BCUT2D eigenvalue weighted by molar-refractivity contribution is 6.30. The van der Waals surface area contributed by atoms with Gasteiger partial charge >= 0.3 is 0 Å². The highest BCUT2D eigenvalue weighted by Gasteiger charge is 2.10. The van der Waals surface area contributed by atoms with Crippen LogP contribution in [0, 0.1) is 17.5 Å². The van der Waals surface area contributed by atoms with Gasteiger partial charge in [-0.2, -0.15) is 4.39 Å². The van der Waals surface area contributed by atoms with Crippen molar-refractivity contribution in [3.8, 4) is 0 Å². The molecule has 1 nitrogen and oxygen atoms in total. The first kappa shape index (κ1) is 11.9. The zero-order valence-electron chi connectivity index (χ0n) is 6.03. The molecule has 0 atom stereocenters. The summed E-state index contributed by atoms with van der Waals surface area (Å²) in [6.45, 7) is -0.750. The molecule has 0 saturated carbocycles. The van der Waals surface area contributed by atoms with Crippen LogP contribution >= 0.6 is 11.6 Å². The first-order chi connectivity index (χ1) is 6.04. The van der Waals surface area contributed by atoms with E-state index in [2.05, 4.69) is 0 Å². The van der Waals surface area contributed by atoms with Crippen molar-refractivity contribution in [3.05, 3.63) is 34.6 Å². The van der Waals surface area contributed by atoms with Crippen LogP contribution in [0.1, 0.15) is 0 Å². The Labute approximate surface area is 75.9 Å². The molecular weight excluding hydrogens is 212 g/mol. The van der Waals surface area contributed by atoms with Gasteiger partial charge in [0.2, 0.25) is 0 Å². The van der Waals surface area contributed by atoms with Crippen LogP contribution in [0.15, 0.2) is 12.1 Å². The van der Waals surface area contributed by atoms with E-state index in [4.69, 9.17) is 16.4 Å². The Morgan fingerprint density at radius 1 is 1.15 bits per heavy atom. The van der Waals surface area contributed by atoms with E-state index in [9.17, 15) is 17.6 Å². The van der Waals surface area contributed by atoms with E-state index in [0.717, 1.165) is 12.1 Å². The minimum absolute atomic E-state index is 0.418. The Bertz CT molecular complexity index is 276. The zero-order chi connectivity index (χ0) is 10.4. The van der Waals surface area contributed by atoms with Crippen molar-refractivity contribution in [1.82, 2.24) is 0 Å². The van der Waals surface area contributed by atoms with Crippen molar-refractivity contribution in [2.24, 2.45) is 0 Å². The monoisotopic (exact) mass is 214 g/mol. The summed E-state index contributed by atoms with van der Waals surface area (Å²) in [5, 5.41) is -0.418. The molecule has 13 heavy (non-hydrogen) atoms. The summed E-state index contributed by atoms with van der Waals surface area (Å²) < 4.78 is 46.1. The molecule has 0 heterocycles. The molecule has 1 rings (SSSR count). The van der Waals surface area contributed by atoms with Crippen LogP contribution in [0.5, 0.6) is 0 Å². The van der Waals surface area contributed by atoms with E-state index in [0.29, 0.717) is 0 Å². The maximum atomic E-state index is 12.2. The lowest BCUT2D eigenvalue weighted by atomic mass is 10.3. The molecule has 0 saturated heterocycles. The van der Waals surface area contributed by atoms with Gasteiger partial charge in [0.15, 0.2) is 17.5 Å². The van der Waals surface area contributed by atoms with Crippen LogP contribution in [-0.4, -0.2) is 6.54 Å². The fourth-order valence-electron chi connectivity index (χ4n) is 0.502. The minimum Gasteiger partial charge on any atom is -0.265 e. The number of hydrogen-bond donors (Lipinski definition) is 0. The molecule has 0 spiro atoms. The standard InChI is InChI=1S/C6H2ClF3.CHFO/c7-3-1-2-4(8)6(10)5(3)9;2-1-3/h1-2H;1H. The molecule has 0 bridgehead atoms. The molecule has 0 N–H and O–H groups in total. The van der Waals surface area contributed by atoms with E-state index in [-0.39, 0.29) is 0 Å². The number of rotatable bonds is 0. The SMILES string of the molecule is Fc1ccc(Cl)c(F)c1F.O=CF. The zero-order valence-corrected chi connectivity index (χ0v) is 6.79. The molecule has 72 valence electrons. The Morgan fingerprint density at radius 2 is 1.62 bits per heavy atom. The number of halogens is 5. The second-order valence-electron chi connectivity index (χ2n) is 1.75. The average molecular weight is 215 g/mol. The van der Waals surface area contributed by atoms with Crippen LogP contribution in [0.3, 0.4) is 0 Å². The highest BCUT2D eigenvalue weighted by atomic mass is 35.5. The molecule has 0 aromatic heterocycles. The van der Waals surface area contributed by atoms with Gasteiger partial charge in [-0.1, -0.05) is 11.6 Å². The Morgan fingerprint density at radius 3 is 2.00 bits per heavy atom. The fraction of sp³-hybridized carbons (Fsp3) is 0. The summed E-state index contributed by atoms with van der Waals surface area (Å²) in [5.74, 6) is -4.11. The normalized spacial score (nSPS) is 8.69. The van der Waals surface area contributed by atoms with Crippen molar-refractivity contribution in [3.63, 3.8) is 0 Å². The largest absolute Gasteiger partial charge is 0.289 e. The number of benzene rings is 1. The van der Waals surface area contributed by atoms with E-state index in [1.165, 1.54) is 0 Å². The molecule has 0 aliphatic heterocycles. The van der Waals surface area contributed by atoms with Crippen LogP contribution in [0.25, 0.3) is 0 Å². The second-order valence-corrected chi connectivity index (χ2v) is 2.15. The van der Waals surface area contributed by atoms with E-state index < -0.39 is 29.0 Å². The molecule has 0 aliphatic carbocycles. The first-order valence-electron chi connectivity index (χ1n) is 2.87. The summed E-state index contributed by atoms with van der Waals surface area (Å²) >= 11 is 5.10.